The Labute approximate surface area is 162 Å². The summed E-state index contributed by atoms with van der Waals surface area (Å²) in [7, 11) is 0. The summed E-state index contributed by atoms with van der Waals surface area (Å²) in [4.78, 5) is 25.5. The van der Waals surface area contributed by atoms with E-state index in [4.69, 9.17) is 11.6 Å². The highest BCUT2D eigenvalue weighted by atomic mass is 35.5. The molecule has 27 heavy (non-hydrogen) atoms. The van der Waals surface area contributed by atoms with E-state index in [1.165, 1.54) is 0 Å². The Hall–Kier alpha value is -2.93. The van der Waals surface area contributed by atoms with Crippen LogP contribution in [0, 0.1) is 6.92 Å². The van der Waals surface area contributed by atoms with Gasteiger partial charge in [0.1, 0.15) is 0 Å². The van der Waals surface area contributed by atoms with Crippen LogP contribution in [-0.4, -0.2) is 56.7 Å². The van der Waals surface area contributed by atoms with E-state index in [0.29, 0.717) is 42.7 Å². The summed E-state index contributed by atoms with van der Waals surface area (Å²) in [5.41, 5.74) is 2.25. The third-order valence-corrected chi connectivity index (χ3v) is 4.93. The van der Waals surface area contributed by atoms with E-state index in [2.05, 4.69) is 20.0 Å². The predicted molar refractivity (Wildman–Crippen MR) is 103 cm³/mol. The van der Waals surface area contributed by atoms with E-state index in [0.717, 1.165) is 11.4 Å². The molecule has 0 bridgehead atoms. The Balaban J connectivity index is 1.48. The van der Waals surface area contributed by atoms with Crippen LogP contribution in [0.3, 0.4) is 0 Å². The Morgan fingerprint density at radius 3 is 2.52 bits per heavy atom. The molecule has 0 radical (unpaired) electrons. The van der Waals surface area contributed by atoms with Gasteiger partial charge in [-0.15, -0.1) is 0 Å². The fourth-order valence-electron chi connectivity index (χ4n) is 3.22. The van der Waals surface area contributed by atoms with Crippen molar-refractivity contribution in [3.8, 4) is 5.69 Å². The minimum Gasteiger partial charge on any atom is -0.337 e. The number of piperazine rings is 1. The van der Waals surface area contributed by atoms with Crippen molar-refractivity contribution in [3.05, 3.63) is 65.2 Å². The van der Waals surface area contributed by atoms with Crippen LogP contribution >= 0.6 is 11.6 Å². The highest BCUT2D eigenvalue weighted by Gasteiger charge is 2.26. The fraction of sp³-hybridized carbons (Fsp3) is 0.263. The maximum absolute atomic E-state index is 13.0. The van der Waals surface area contributed by atoms with Crippen molar-refractivity contribution in [1.29, 1.82) is 0 Å². The first-order valence-electron chi connectivity index (χ1n) is 8.75. The smallest absolute Gasteiger partial charge is 0.257 e. The van der Waals surface area contributed by atoms with Crippen molar-refractivity contribution in [1.82, 2.24) is 24.6 Å². The first kappa shape index (κ1) is 17.5. The lowest BCUT2D eigenvalue weighted by Gasteiger charge is -2.34. The number of aromatic nitrogens is 4. The molecule has 1 saturated heterocycles. The zero-order valence-corrected chi connectivity index (χ0v) is 15.7. The summed E-state index contributed by atoms with van der Waals surface area (Å²) in [6, 6.07) is 9.22. The molecule has 3 aromatic rings. The van der Waals surface area contributed by atoms with Crippen LogP contribution in [0.2, 0.25) is 5.02 Å². The molecule has 1 aromatic carbocycles. The van der Waals surface area contributed by atoms with Crippen molar-refractivity contribution in [2.45, 2.75) is 6.92 Å². The molecule has 1 aliphatic rings. The highest BCUT2D eigenvalue weighted by Crippen LogP contribution is 2.20. The molecule has 1 aliphatic heterocycles. The SMILES string of the molecule is Cc1c(C(=O)N2CCN(c3ncccn3)CC2)cnn1-c1cccc(Cl)c1. The molecule has 1 amide bonds. The van der Waals surface area contributed by atoms with Crippen LogP contribution in [0.1, 0.15) is 16.1 Å². The maximum atomic E-state index is 13.0. The number of hydrogen-bond donors (Lipinski definition) is 0. The standard InChI is InChI=1S/C19H19ClN6O/c1-14-17(13-23-26(14)16-5-2-4-15(20)12-16)18(27)24-8-10-25(11-9-24)19-21-6-3-7-22-19/h2-7,12-13H,8-11H2,1H3. The van der Waals surface area contributed by atoms with Crippen LogP contribution in [0.4, 0.5) is 5.95 Å². The van der Waals surface area contributed by atoms with Gasteiger partial charge in [0, 0.05) is 43.6 Å². The molecule has 0 aliphatic carbocycles. The van der Waals surface area contributed by atoms with Crippen molar-refractivity contribution in [3.63, 3.8) is 0 Å². The third-order valence-electron chi connectivity index (χ3n) is 4.69. The number of nitrogens with zero attached hydrogens (tertiary/aromatic N) is 6. The third kappa shape index (κ3) is 3.50. The molecule has 0 unspecified atom stereocenters. The Kier molecular flexibility index (Phi) is 4.77. The Morgan fingerprint density at radius 1 is 1.07 bits per heavy atom. The summed E-state index contributed by atoms with van der Waals surface area (Å²) in [6.07, 6.45) is 5.09. The van der Waals surface area contributed by atoms with Crippen LogP contribution in [0.5, 0.6) is 0 Å². The second kappa shape index (κ2) is 7.36. The molecule has 0 N–H and O–H groups in total. The van der Waals surface area contributed by atoms with Crippen molar-refractivity contribution >= 4 is 23.5 Å². The van der Waals surface area contributed by atoms with Gasteiger partial charge in [-0.2, -0.15) is 5.10 Å². The van der Waals surface area contributed by atoms with E-state index in [-0.39, 0.29) is 5.91 Å². The first-order chi connectivity index (χ1) is 13.1. The molecule has 0 atom stereocenters. The van der Waals surface area contributed by atoms with Gasteiger partial charge in [-0.1, -0.05) is 17.7 Å². The Morgan fingerprint density at radius 2 is 1.81 bits per heavy atom. The van der Waals surface area contributed by atoms with E-state index in [9.17, 15) is 4.79 Å². The molecule has 7 nitrogen and oxygen atoms in total. The van der Waals surface area contributed by atoms with Crippen LogP contribution in [0.25, 0.3) is 5.69 Å². The normalized spacial score (nSPS) is 14.4. The van der Waals surface area contributed by atoms with Gasteiger partial charge in [-0.3, -0.25) is 4.79 Å². The summed E-state index contributed by atoms with van der Waals surface area (Å²) in [6.45, 7) is 4.56. The second-order valence-corrected chi connectivity index (χ2v) is 6.80. The number of anilines is 1. The van der Waals surface area contributed by atoms with E-state index >= 15 is 0 Å². The van der Waals surface area contributed by atoms with Gasteiger partial charge in [0.2, 0.25) is 5.95 Å². The molecule has 1 fully saturated rings. The number of halogens is 1. The summed E-state index contributed by atoms with van der Waals surface area (Å²) in [5, 5.41) is 5.02. The molecule has 0 spiro atoms. The number of benzene rings is 1. The molecular formula is C19H19ClN6O. The zero-order chi connectivity index (χ0) is 18.8. The topological polar surface area (TPSA) is 67.2 Å². The van der Waals surface area contributed by atoms with Crippen molar-refractivity contribution in [2.75, 3.05) is 31.1 Å². The Bertz CT molecular complexity index is 950. The molecule has 3 heterocycles. The van der Waals surface area contributed by atoms with E-state index in [1.807, 2.05) is 36.1 Å². The van der Waals surface area contributed by atoms with Crippen molar-refractivity contribution in [2.24, 2.45) is 0 Å². The van der Waals surface area contributed by atoms with Gasteiger partial charge >= 0.3 is 0 Å². The number of amides is 1. The number of carbonyl (C=O) groups excluding carboxylic acids is 1. The summed E-state index contributed by atoms with van der Waals surface area (Å²) >= 11 is 6.07. The first-order valence-corrected chi connectivity index (χ1v) is 9.13. The van der Waals surface area contributed by atoms with E-state index in [1.54, 1.807) is 29.3 Å². The van der Waals surface area contributed by atoms with Crippen molar-refractivity contribution < 1.29 is 4.79 Å². The minimum absolute atomic E-state index is 0.00518. The molecule has 4 rings (SSSR count). The monoisotopic (exact) mass is 382 g/mol. The largest absolute Gasteiger partial charge is 0.337 e. The molecular weight excluding hydrogens is 364 g/mol. The number of rotatable bonds is 3. The van der Waals surface area contributed by atoms with Gasteiger partial charge in [0.25, 0.3) is 5.91 Å². The van der Waals surface area contributed by atoms with Gasteiger partial charge in [-0.25, -0.2) is 14.6 Å². The average molecular weight is 383 g/mol. The van der Waals surface area contributed by atoms with Crippen LogP contribution < -0.4 is 4.90 Å². The lowest BCUT2D eigenvalue weighted by Crippen LogP contribution is -2.49. The number of carbonyl (C=O) groups is 1. The van der Waals surface area contributed by atoms with Crippen LogP contribution in [-0.2, 0) is 0 Å². The fourth-order valence-corrected chi connectivity index (χ4v) is 3.41. The highest BCUT2D eigenvalue weighted by molar-refractivity contribution is 6.30. The van der Waals surface area contributed by atoms with Gasteiger partial charge in [0.15, 0.2) is 0 Å². The average Bonchev–Trinajstić information content (AvgIpc) is 3.09. The molecule has 2 aromatic heterocycles. The van der Waals surface area contributed by atoms with Gasteiger partial charge in [-0.05, 0) is 31.2 Å². The second-order valence-electron chi connectivity index (χ2n) is 6.36. The quantitative estimate of drug-likeness (QED) is 0.696. The summed E-state index contributed by atoms with van der Waals surface area (Å²) in [5.74, 6) is 0.698. The maximum Gasteiger partial charge on any atom is 0.257 e. The minimum atomic E-state index is -0.00518. The zero-order valence-electron chi connectivity index (χ0n) is 14.9. The lowest BCUT2D eigenvalue weighted by atomic mass is 10.2. The summed E-state index contributed by atoms with van der Waals surface area (Å²) < 4.78 is 1.74. The lowest BCUT2D eigenvalue weighted by molar-refractivity contribution is 0.0745. The van der Waals surface area contributed by atoms with Gasteiger partial charge < -0.3 is 9.80 Å². The van der Waals surface area contributed by atoms with Crippen LogP contribution in [0.15, 0.2) is 48.9 Å². The molecule has 8 heteroatoms. The molecule has 138 valence electrons. The van der Waals surface area contributed by atoms with E-state index < -0.39 is 0 Å². The number of hydrogen-bond acceptors (Lipinski definition) is 5. The van der Waals surface area contributed by atoms with Gasteiger partial charge in [0.05, 0.1) is 23.1 Å². The predicted octanol–water partition coefficient (Wildman–Crippen LogP) is 2.59. The molecule has 0 saturated carbocycles.